The summed E-state index contributed by atoms with van der Waals surface area (Å²) in [5.74, 6) is 0.758. The van der Waals surface area contributed by atoms with E-state index in [0.29, 0.717) is 22.4 Å². The molecule has 0 unspecified atom stereocenters. The van der Waals surface area contributed by atoms with E-state index in [0.717, 1.165) is 39.3 Å². The Morgan fingerprint density at radius 1 is 1.17 bits per heavy atom. The third-order valence-electron chi connectivity index (χ3n) is 4.11. The van der Waals surface area contributed by atoms with Gasteiger partial charge in [0.05, 0.1) is 0 Å². The molecular formula is C17H21ClFN5. The summed E-state index contributed by atoms with van der Waals surface area (Å²) in [5, 5.41) is 3.62. The number of hydrogen-bond donors (Lipinski definition) is 1. The molecule has 128 valence electrons. The molecule has 0 amide bonds. The van der Waals surface area contributed by atoms with Crippen LogP contribution in [0.2, 0.25) is 5.15 Å². The van der Waals surface area contributed by atoms with Gasteiger partial charge >= 0.3 is 0 Å². The van der Waals surface area contributed by atoms with Gasteiger partial charge in [-0.05, 0) is 19.2 Å². The third kappa shape index (κ3) is 4.63. The lowest BCUT2D eigenvalue weighted by Gasteiger charge is -2.32. The average molecular weight is 350 g/mol. The molecule has 1 aromatic heterocycles. The van der Waals surface area contributed by atoms with Crippen molar-refractivity contribution in [2.45, 2.75) is 0 Å². The Hall–Kier alpha value is -1.76. The molecule has 1 fully saturated rings. The van der Waals surface area contributed by atoms with Gasteiger partial charge in [0.2, 0.25) is 0 Å². The molecule has 1 N–H and O–H groups in total. The molecule has 0 bridgehead atoms. The Bertz CT molecular complexity index is 688. The van der Waals surface area contributed by atoms with Crippen LogP contribution in [0.3, 0.4) is 0 Å². The maximum absolute atomic E-state index is 13.4. The summed E-state index contributed by atoms with van der Waals surface area (Å²) < 4.78 is 13.4. The van der Waals surface area contributed by atoms with Gasteiger partial charge in [-0.3, -0.25) is 4.90 Å². The summed E-state index contributed by atoms with van der Waals surface area (Å²) in [6.45, 7) is 6.09. The summed E-state index contributed by atoms with van der Waals surface area (Å²) >= 11 is 6.08. The molecule has 0 atom stereocenters. The normalized spacial score (nSPS) is 16.3. The Morgan fingerprint density at radius 3 is 2.71 bits per heavy atom. The van der Waals surface area contributed by atoms with Crippen molar-refractivity contribution < 1.29 is 4.39 Å². The second kappa shape index (κ2) is 7.88. The zero-order chi connectivity index (χ0) is 16.9. The maximum Gasteiger partial charge on any atom is 0.163 e. The van der Waals surface area contributed by atoms with Crippen LogP contribution in [0.25, 0.3) is 11.4 Å². The zero-order valence-corrected chi connectivity index (χ0v) is 14.4. The largest absolute Gasteiger partial charge is 0.369 e. The van der Waals surface area contributed by atoms with E-state index in [9.17, 15) is 4.39 Å². The van der Waals surface area contributed by atoms with Gasteiger partial charge in [0.15, 0.2) is 5.82 Å². The fourth-order valence-electron chi connectivity index (χ4n) is 2.68. The van der Waals surface area contributed by atoms with Crippen LogP contribution in [-0.4, -0.2) is 66.1 Å². The highest BCUT2D eigenvalue weighted by atomic mass is 35.5. The highest BCUT2D eigenvalue weighted by Gasteiger charge is 2.13. The van der Waals surface area contributed by atoms with E-state index < -0.39 is 0 Å². The predicted molar refractivity (Wildman–Crippen MR) is 94.9 cm³/mol. The third-order valence-corrected chi connectivity index (χ3v) is 4.30. The Morgan fingerprint density at radius 2 is 1.96 bits per heavy atom. The molecule has 1 saturated heterocycles. The Balaban J connectivity index is 1.62. The first kappa shape index (κ1) is 17.1. The predicted octanol–water partition coefficient (Wildman–Crippen LogP) is 2.60. The van der Waals surface area contributed by atoms with Gasteiger partial charge in [-0.2, -0.15) is 0 Å². The van der Waals surface area contributed by atoms with Crippen molar-refractivity contribution >= 4 is 17.4 Å². The first-order valence-electron chi connectivity index (χ1n) is 8.05. The van der Waals surface area contributed by atoms with Crippen molar-refractivity contribution in [2.24, 2.45) is 0 Å². The molecule has 7 heteroatoms. The molecule has 0 radical (unpaired) electrons. The number of halogens is 2. The van der Waals surface area contributed by atoms with Crippen molar-refractivity contribution in [3.8, 4) is 11.4 Å². The summed E-state index contributed by atoms with van der Waals surface area (Å²) in [6.07, 6.45) is 0. The van der Waals surface area contributed by atoms with Crippen LogP contribution in [0.15, 0.2) is 30.3 Å². The summed E-state index contributed by atoms with van der Waals surface area (Å²) in [6, 6.07) is 7.88. The summed E-state index contributed by atoms with van der Waals surface area (Å²) in [4.78, 5) is 13.4. The van der Waals surface area contributed by atoms with Gasteiger partial charge in [-0.25, -0.2) is 14.4 Å². The molecule has 3 rings (SSSR count). The van der Waals surface area contributed by atoms with E-state index in [4.69, 9.17) is 11.6 Å². The molecule has 0 spiro atoms. The lowest BCUT2D eigenvalue weighted by atomic mass is 10.2. The van der Waals surface area contributed by atoms with E-state index in [-0.39, 0.29) is 5.82 Å². The first-order chi connectivity index (χ1) is 11.6. The fraction of sp³-hybridized carbons (Fsp3) is 0.412. The van der Waals surface area contributed by atoms with Crippen molar-refractivity contribution in [3.63, 3.8) is 0 Å². The lowest BCUT2D eigenvalue weighted by Crippen LogP contribution is -2.45. The smallest absolute Gasteiger partial charge is 0.163 e. The van der Waals surface area contributed by atoms with Crippen molar-refractivity contribution in [2.75, 3.05) is 51.6 Å². The summed E-state index contributed by atoms with van der Waals surface area (Å²) in [7, 11) is 2.15. The maximum atomic E-state index is 13.4. The zero-order valence-electron chi connectivity index (χ0n) is 13.7. The van der Waals surface area contributed by atoms with Gasteiger partial charge in [-0.1, -0.05) is 23.7 Å². The number of nitrogens with zero attached hydrogens (tertiary/aromatic N) is 4. The van der Waals surface area contributed by atoms with E-state index >= 15 is 0 Å². The summed E-state index contributed by atoms with van der Waals surface area (Å²) in [5.41, 5.74) is 0.611. The molecule has 24 heavy (non-hydrogen) atoms. The van der Waals surface area contributed by atoms with Gasteiger partial charge in [0.25, 0.3) is 0 Å². The van der Waals surface area contributed by atoms with Crippen molar-refractivity contribution in [1.29, 1.82) is 0 Å². The average Bonchev–Trinajstić information content (AvgIpc) is 2.56. The standard InChI is InChI=1S/C17H21ClFN5/c1-23-7-9-24(10-8-23)6-5-20-16-12-15(18)21-17(22-16)13-3-2-4-14(19)11-13/h2-4,11-12H,5-10H2,1H3,(H,20,21,22). The molecular weight excluding hydrogens is 329 g/mol. The highest BCUT2D eigenvalue weighted by Crippen LogP contribution is 2.20. The number of nitrogens with one attached hydrogen (secondary N) is 1. The van der Waals surface area contributed by atoms with Crippen LogP contribution < -0.4 is 5.32 Å². The first-order valence-corrected chi connectivity index (χ1v) is 8.43. The molecule has 2 aromatic rings. The molecule has 5 nitrogen and oxygen atoms in total. The van der Waals surface area contributed by atoms with Gasteiger partial charge in [0.1, 0.15) is 16.8 Å². The van der Waals surface area contributed by atoms with Crippen LogP contribution in [0.4, 0.5) is 10.2 Å². The second-order valence-electron chi connectivity index (χ2n) is 5.98. The number of hydrogen-bond acceptors (Lipinski definition) is 5. The van der Waals surface area contributed by atoms with E-state index in [1.54, 1.807) is 18.2 Å². The molecule has 1 aliphatic rings. The van der Waals surface area contributed by atoms with E-state index in [1.165, 1.54) is 12.1 Å². The van der Waals surface area contributed by atoms with Crippen LogP contribution in [-0.2, 0) is 0 Å². The molecule has 0 aliphatic carbocycles. The van der Waals surface area contributed by atoms with Crippen molar-refractivity contribution in [3.05, 3.63) is 41.3 Å². The molecule has 2 heterocycles. The highest BCUT2D eigenvalue weighted by molar-refractivity contribution is 6.29. The van der Waals surface area contributed by atoms with Crippen molar-refractivity contribution in [1.82, 2.24) is 19.8 Å². The van der Waals surface area contributed by atoms with E-state index in [2.05, 4.69) is 32.1 Å². The van der Waals surface area contributed by atoms with Crippen LogP contribution in [0.5, 0.6) is 0 Å². The number of rotatable bonds is 5. The minimum absolute atomic E-state index is 0.319. The van der Waals surface area contributed by atoms with Crippen LogP contribution in [0, 0.1) is 5.82 Å². The molecule has 0 saturated carbocycles. The Labute approximate surface area is 146 Å². The number of aromatic nitrogens is 2. The van der Waals surface area contributed by atoms with Gasteiger partial charge < -0.3 is 10.2 Å². The quantitative estimate of drug-likeness (QED) is 0.841. The van der Waals surface area contributed by atoms with E-state index in [1.807, 2.05) is 0 Å². The topological polar surface area (TPSA) is 44.3 Å². The van der Waals surface area contributed by atoms with Gasteiger partial charge in [-0.15, -0.1) is 0 Å². The Kier molecular flexibility index (Phi) is 5.60. The van der Waals surface area contributed by atoms with Gasteiger partial charge in [0, 0.05) is 50.9 Å². The van der Waals surface area contributed by atoms with Crippen LogP contribution >= 0.6 is 11.6 Å². The van der Waals surface area contributed by atoms with Crippen LogP contribution in [0.1, 0.15) is 0 Å². The lowest BCUT2D eigenvalue weighted by molar-refractivity contribution is 0.158. The molecule has 1 aliphatic heterocycles. The monoisotopic (exact) mass is 349 g/mol. The molecule has 1 aromatic carbocycles. The second-order valence-corrected chi connectivity index (χ2v) is 6.37. The number of benzene rings is 1. The SMILES string of the molecule is CN1CCN(CCNc2cc(Cl)nc(-c3cccc(F)c3)n2)CC1. The number of piperazine rings is 1. The number of likely N-dealkylation sites (N-methyl/N-ethyl adjacent to an activating group) is 1. The minimum Gasteiger partial charge on any atom is -0.369 e. The fourth-order valence-corrected chi connectivity index (χ4v) is 2.86. The number of anilines is 1. The minimum atomic E-state index is -0.319.